The van der Waals surface area contributed by atoms with Gasteiger partial charge >= 0.3 is 6.09 Å². The molecular weight excluding hydrogens is 365 g/mol. The number of nitrogens with one attached hydrogen (secondary N) is 1. The number of piperidine rings is 1. The largest absolute Gasteiger partial charge is 0.450 e. The molecular formula is C20H24FN3O4. The average molecular weight is 389 g/mol. The summed E-state index contributed by atoms with van der Waals surface area (Å²) in [7, 11) is 0. The average Bonchev–Trinajstić information content (AvgIpc) is 3.03. The second kappa shape index (κ2) is 8.86. The van der Waals surface area contributed by atoms with E-state index in [1.807, 2.05) is 0 Å². The predicted octanol–water partition coefficient (Wildman–Crippen LogP) is 3.07. The van der Waals surface area contributed by atoms with E-state index in [2.05, 4.69) is 10.3 Å². The number of aromatic nitrogens is 1. The normalized spacial score (nSPS) is 14.8. The van der Waals surface area contributed by atoms with Crippen molar-refractivity contribution in [1.29, 1.82) is 0 Å². The van der Waals surface area contributed by atoms with Gasteiger partial charge in [0.1, 0.15) is 11.6 Å². The van der Waals surface area contributed by atoms with E-state index in [4.69, 9.17) is 9.15 Å². The summed E-state index contributed by atoms with van der Waals surface area (Å²) in [5.74, 6) is 0.0610. The van der Waals surface area contributed by atoms with E-state index in [-0.39, 0.29) is 35.9 Å². The van der Waals surface area contributed by atoms with Crippen molar-refractivity contribution in [1.82, 2.24) is 15.2 Å². The van der Waals surface area contributed by atoms with E-state index in [0.29, 0.717) is 44.0 Å². The Morgan fingerprint density at radius 2 is 2.04 bits per heavy atom. The van der Waals surface area contributed by atoms with Crippen LogP contribution in [0.4, 0.5) is 9.18 Å². The van der Waals surface area contributed by atoms with E-state index in [9.17, 15) is 14.0 Å². The molecule has 1 N–H and O–H groups in total. The van der Waals surface area contributed by atoms with Gasteiger partial charge in [-0.2, -0.15) is 0 Å². The molecule has 7 nitrogen and oxygen atoms in total. The molecule has 0 unspecified atom stereocenters. The van der Waals surface area contributed by atoms with E-state index < -0.39 is 5.82 Å². The molecule has 0 saturated carbocycles. The van der Waals surface area contributed by atoms with Gasteiger partial charge in [0.2, 0.25) is 11.8 Å². The minimum atomic E-state index is -0.423. The maximum atomic E-state index is 13.9. The molecule has 28 heavy (non-hydrogen) atoms. The number of rotatable bonds is 5. The molecule has 1 aliphatic heterocycles. The van der Waals surface area contributed by atoms with Crippen molar-refractivity contribution in [2.24, 2.45) is 0 Å². The van der Waals surface area contributed by atoms with Crippen LogP contribution in [0.25, 0.3) is 11.5 Å². The second-order valence-electron chi connectivity index (χ2n) is 6.71. The van der Waals surface area contributed by atoms with Crippen LogP contribution in [0.2, 0.25) is 0 Å². The third kappa shape index (κ3) is 4.68. The van der Waals surface area contributed by atoms with Gasteiger partial charge < -0.3 is 19.4 Å². The minimum absolute atomic E-state index is 0.00331. The van der Waals surface area contributed by atoms with Crippen molar-refractivity contribution in [3.05, 3.63) is 41.5 Å². The van der Waals surface area contributed by atoms with Crippen LogP contribution in [-0.4, -0.2) is 47.6 Å². The van der Waals surface area contributed by atoms with Gasteiger partial charge in [-0.25, -0.2) is 14.2 Å². The molecule has 3 rings (SSSR count). The molecule has 0 radical (unpaired) electrons. The van der Waals surface area contributed by atoms with Gasteiger partial charge in [0.15, 0.2) is 0 Å². The first-order chi connectivity index (χ1) is 13.5. The fourth-order valence-electron chi connectivity index (χ4n) is 3.19. The monoisotopic (exact) mass is 389 g/mol. The highest BCUT2D eigenvalue weighted by Crippen LogP contribution is 2.24. The molecule has 1 fully saturated rings. The Balaban J connectivity index is 1.55. The molecule has 1 aromatic heterocycles. The quantitative estimate of drug-likeness (QED) is 0.850. The Hall–Kier alpha value is -2.90. The smallest absolute Gasteiger partial charge is 0.409 e. The van der Waals surface area contributed by atoms with Gasteiger partial charge in [-0.1, -0.05) is 12.1 Å². The van der Waals surface area contributed by atoms with Crippen molar-refractivity contribution < 1.29 is 23.1 Å². The molecule has 0 atom stereocenters. The van der Waals surface area contributed by atoms with Crippen molar-refractivity contribution in [3.8, 4) is 11.5 Å². The SMILES string of the molecule is CCOC(=O)N1CCC(NC(=O)Cc2nc(-c3ccccc3F)oc2C)CC1. The molecule has 150 valence electrons. The van der Waals surface area contributed by atoms with E-state index in [1.54, 1.807) is 36.9 Å². The molecule has 2 aromatic rings. The molecule has 0 spiro atoms. The van der Waals surface area contributed by atoms with Gasteiger partial charge in [0.25, 0.3) is 0 Å². The number of likely N-dealkylation sites (tertiary alicyclic amines) is 1. The van der Waals surface area contributed by atoms with Crippen LogP contribution in [0.1, 0.15) is 31.2 Å². The van der Waals surface area contributed by atoms with E-state index in [0.717, 1.165) is 0 Å². The van der Waals surface area contributed by atoms with Gasteiger partial charge in [0, 0.05) is 19.1 Å². The molecule has 2 heterocycles. The number of hydrogen-bond donors (Lipinski definition) is 1. The molecule has 1 aliphatic rings. The summed E-state index contributed by atoms with van der Waals surface area (Å²) in [6, 6.07) is 6.21. The Morgan fingerprint density at radius 1 is 1.32 bits per heavy atom. The van der Waals surface area contributed by atoms with Gasteiger partial charge in [-0.15, -0.1) is 0 Å². The zero-order valence-corrected chi connectivity index (χ0v) is 16.0. The molecule has 2 amide bonds. The zero-order valence-electron chi connectivity index (χ0n) is 16.0. The summed E-state index contributed by atoms with van der Waals surface area (Å²) < 4.78 is 24.4. The number of nitrogens with zero attached hydrogens (tertiary/aromatic N) is 2. The molecule has 8 heteroatoms. The molecule has 0 aliphatic carbocycles. The number of hydrogen-bond acceptors (Lipinski definition) is 5. The fraction of sp³-hybridized carbons (Fsp3) is 0.450. The number of amides is 2. The zero-order chi connectivity index (χ0) is 20.1. The number of oxazole rings is 1. The highest BCUT2D eigenvalue weighted by molar-refractivity contribution is 5.79. The number of carbonyl (C=O) groups excluding carboxylic acids is 2. The van der Waals surface area contributed by atoms with Gasteiger partial charge in [-0.05, 0) is 38.8 Å². The number of carbonyl (C=O) groups is 2. The molecule has 1 aromatic carbocycles. The number of halogens is 1. The van der Waals surface area contributed by atoms with Crippen LogP contribution in [0.5, 0.6) is 0 Å². The van der Waals surface area contributed by atoms with Crippen molar-refractivity contribution in [2.75, 3.05) is 19.7 Å². The van der Waals surface area contributed by atoms with Crippen molar-refractivity contribution in [2.45, 2.75) is 39.2 Å². The number of benzene rings is 1. The highest BCUT2D eigenvalue weighted by atomic mass is 19.1. The third-order valence-corrected chi connectivity index (χ3v) is 4.71. The maximum absolute atomic E-state index is 13.9. The van der Waals surface area contributed by atoms with Crippen LogP contribution < -0.4 is 5.32 Å². The van der Waals surface area contributed by atoms with Gasteiger partial charge in [0.05, 0.1) is 24.3 Å². The van der Waals surface area contributed by atoms with E-state index in [1.165, 1.54) is 6.07 Å². The molecule has 1 saturated heterocycles. The standard InChI is InChI=1S/C20H24FN3O4/c1-3-27-20(26)24-10-8-14(9-11-24)22-18(25)12-17-13(2)28-19(23-17)15-6-4-5-7-16(15)21/h4-7,14H,3,8-12H2,1-2H3,(H,22,25). The summed E-state index contributed by atoms with van der Waals surface area (Å²) in [6.45, 7) is 4.92. The number of aryl methyl sites for hydroxylation is 1. The maximum Gasteiger partial charge on any atom is 0.409 e. The van der Waals surface area contributed by atoms with Crippen LogP contribution in [0.3, 0.4) is 0 Å². The summed E-state index contributed by atoms with van der Waals surface area (Å²) in [6.07, 6.45) is 1.08. The Morgan fingerprint density at radius 3 is 2.71 bits per heavy atom. The lowest BCUT2D eigenvalue weighted by Gasteiger charge is -2.31. The summed E-state index contributed by atoms with van der Waals surface area (Å²) in [5.41, 5.74) is 0.753. The minimum Gasteiger partial charge on any atom is -0.450 e. The summed E-state index contributed by atoms with van der Waals surface area (Å²) in [4.78, 5) is 30.1. The summed E-state index contributed by atoms with van der Waals surface area (Å²) in [5, 5.41) is 2.97. The van der Waals surface area contributed by atoms with Crippen LogP contribution >= 0.6 is 0 Å². The molecule has 0 bridgehead atoms. The second-order valence-corrected chi connectivity index (χ2v) is 6.71. The first-order valence-electron chi connectivity index (χ1n) is 9.40. The van der Waals surface area contributed by atoms with Crippen LogP contribution in [-0.2, 0) is 16.0 Å². The van der Waals surface area contributed by atoms with Gasteiger partial charge in [-0.3, -0.25) is 4.79 Å². The van der Waals surface area contributed by atoms with E-state index >= 15 is 0 Å². The lowest BCUT2D eigenvalue weighted by molar-refractivity contribution is -0.121. The number of ether oxygens (including phenoxy) is 1. The fourth-order valence-corrected chi connectivity index (χ4v) is 3.19. The van der Waals surface area contributed by atoms with Crippen LogP contribution in [0, 0.1) is 12.7 Å². The van der Waals surface area contributed by atoms with Crippen LogP contribution in [0.15, 0.2) is 28.7 Å². The Labute approximate surface area is 162 Å². The Bertz CT molecular complexity index is 844. The predicted molar refractivity (Wildman–Crippen MR) is 100 cm³/mol. The first kappa shape index (κ1) is 19.9. The summed E-state index contributed by atoms with van der Waals surface area (Å²) >= 11 is 0. The lowest BCUT2D eigenvalue weighted by atomic mass is 10.1. The highest BCUT2D eigenvalue weighted by Gasteiger charge is 2.25. The topological polar surface area (TPSA) is 84.7 Å². The van der Waals surface area contributed by atoms with Crippen molar-refractivity contribution in [3.63, 3.8) is 0 Å². The Kier molecular flexibility index (Phi) is 6.28. The van der Waals surface area contributed by atoms with Crippen molar-refractivity contribution >= 4 is 12.0 Å². The lowest BCUT2D eigenvalue weighted by Crippen LogP contribution is -2.47. The third-order valence-electron chi connectivity index (χ3n) is 4.71. The first-order valence-corrected chi connectivity index (χ1v) is 9.40.